The van der Waals surface area contributed by atoms with Gasteiger partial charge < -0.3 is 9.47 Å². The lowest BCUT2D eigenvalue weighted by atomic mass is 10.3. The molecular weight excluding hydrogens is 448 g/mol. The largest absolute Gasteiger partial charge is 0.493 e. The number of nitrogens with one attached hydrogen (secondary N) is 1. The van der Waals surface area contributed by atoms with E-state index in [9.17, 15) is 4.79 Å². The number of methoxy groups -OCH3 is 1. The fourth-order valence-electron chi connectivity index (χ4n) is 1.68. The van der Waals surface area contributed by atoms with Crippen LogP contribution in [-0.2, 0) is 4.79 Å². The Morgan fingerprint density at radius 1 is 1.39 bits per heavy atom. The van der Waals surface area contributed by atoms with Crippen LogP contribution in [0.25, 0.3) is 0 Å². The third-order valence-corrected chi connectivity index (χ3v) is 4.79. The lowest BCUT2D eigenvalue weighted by Crippen LogP contribution is -2.25. The molecule has 122 valence electrons. The second-order valence-electron chi connectivity index (χ2n) is 4.42. The predicted octanol–water partition coefficient (Wildman–Crippen LogP) is 4.20. The number of carbonyl (C=O) groups is 1. The van der Waals surface area contributed by atoms with Crippen molar-refractivity contribution in [1.82, 2.24) is 5.43 Å². The average Bonchev–Trinajstić information content (AvgIpc) is 3.05. The van der Waals surface area contributed by atoms with Crippen LogP contribution in [0.2, 0.25) is 0 Å². The quantitative estimate of drug-likeness (QED) is 0.518. The standard InChI is InChI=1S/C15H14Br2N2O3S/c1-9(13-4-3-5-23-13)18-19-14(20)8-22-15-11(17)6-10(16)7-12(15)21-2/h3-7H,8H2,1-2H3,(H,19,20)/b18-9-. The number of rotatable bonds is 6. The number of benzene rings is 1. The Balaban J connectivity index is 1.96. The molecule has 0 fully saturated rings. The number of ether oxygens (including phenoxy) is 2. The van der Waals surface area contributed by atoms with E-state index in [1.165, 1.54) is 7.11 Å². The lowest BCUT2D eigenvalue weighted by Gasteiger charge is -2.12. The zero-order valence-corrected chi connectivity index (χ0v) is 16.4. The van der Waals surface area contributed by atoms with Crippen molar-refractivity contribution in [2.45, 2.75) is 6.92 Å². The van der Waals surface area contributed by atoms with E-state index in [0.29, 0.717) is 16.0 Å². The van der Waals surface area contributed by atoms with Crippen LogP contribution in [0.3, 0.4) is 0 Å². The number of hydrogen-bond donors (Lipinski definition) is 1. The molecule has 0 unspecified atom stereocenters. The Morgan fingerprint density at radius 3 is 2.83 bits per heavy atom. The number of amides is 1. The molecule has 5 nitrogen and oxygen atoms in total. The Bertz CT molecular complexity index is 718. The monoisotopic (exact) mass is 460 g/mol. The maximum Gasteiger partial charge on any atom is 0.277 e. The van der Waals surface area contributed by atoms with Gasteiger partial charge in [-0.3, -0.25) is 4.79 Å². The van der Waals surface area contributed by atoms with Gasteiger partial charge in [0.25, 0.3) is 5.91 Å². The molecule has 1 amide bonds. The third-order valence-electron chi connectivity index (χ3n) is 2.77. The van der Waals surface area contributed by atoms with Crippen molar-refractivity contribution in [1.29, 1.82) is 0 Å². The summed E-state index contributed by atoms with van der Waals surface area (Å²) in [6.07, 6.45) is 0. The van der Waals surface area contributed by atoms with Crippen molar-refractivity contribution in [2.24, 2.45) is 5.10 Å². The molecule has 0 saturated heterocycles. The number of thiophene rings is 1. The van der Waals surface area contributed by atoms with Gasteiger partial charge in [0, 0.05) is 9.35 Å². The Morgan fingerprint density at radius 2 is 2.17 bits per heavy atom. The maximum atomic E-state index is 11.9. The molecule has 0 aliphatic carbocycles. The Hall–Kier alpha value is -1.38. The van der Waals surface area contributed by atoms with Crippen LogP contribution in [-0.4, -0.2) is 25.3 Å². The molecule has 2 aromatic rings. The summed E-state index contributed by atoms with van der Waals surface area (Å²) in [6, 6.07) is 7.45. The summed E-state index contributed by atoms with van der Waals surface area (Å²) in [4.78, 5) is 12.9. The van der Waals surface area contributed by atoms with Crippen molar-refractivity contribution in [3.05, 3.63) is 43.5 Å². The first-order valence-corrected chi connectivity index (χ1v) is 9.00. The summed E-state index contributed by atoms with van der Waals surface area (Å²) in [5.74, 6) is 0.639. The van der Waals surface area contributed by atoms with E-state index >= 15 is 0 Å². The van der Waals surface area contributed by atoms with Crippen molar-refractivity contribution >= 4 is 54.8 Å². The van der Waals surface area contributed by atoms with Gasteiger partial charge >= 0.3 is 0 Å². The number of nitrogens with zero attached hydrogens (tertiary/aromatic N) is 1. The highest BCUT2D eigenvalue weighted by molar-refractivity contribution is 9.11. The zero-order chi connectivity index (χ0) is 16.8. The van der Waals surface area contributed by atoms with Crippen molar-refractivity contribution in [3.63, 3.8) is 0 Å². The lowest BCUT2D eigenvalue weighted by molar-refractivity contribution is -0.123. The van der Waals surface area contributed by atoms with Gasteiger partial charge in [-0.15, -0.1) is 11.3 Å². The minimum atomic E-state index is -0.349. The van der Waals surface area contributed by atoms with Crippen LogP contribution in [0.4, 0.5) is 0 Å². The zero-order valence-electron chi connectivity index (χ0n) is 12.4. The molecular formula is C15H14Br2N2O3S. The maximum absolute atomic E-state index is 11.9. The highest BCUT2D eigenvalue weighted by Crippen LogP contribution is 2.38. The van der Waals surface area contributed by atoms with Gasteiger partial charge in [-0.25, -0.2) is 5.43 Å². The summed E-state index contributed by atoms with van der Waals surface area (Å²) in [5, 5.41) is 6.01. The van der Waals surface area contributed by atoms with Crippen LogP contribution in [0.5, 0.6) is 11.5 Å². The molecule has 8 heteroatoms. The van der Waals surface area contributed by atoms with Crippen LogP contribution in [0.15, 0.2) is 43.7 Å². The second kappa shape index (κ2) is 8.47. The summed E-state index contributed by atoms with van der Waals surface area (Å²) >= 11 is 8.31. The van der Waals surface area contributed by atoms with Gasteiger partial charge in [0.05, 0.1) is 17.3 Å². The van der Waals surface area contributed by atoms with Crippen molar-refractivity contribution in [2.75, 3.05) is 13.7 Å². The molecule has 0 aliphatic rings. The van der Waals surface area contributed by atoms with Gasteiger partial charge in [-0.2, -0.15) is 5.10 Å². The minimum absolute atomic E-state index is 0.169. The smallest absolute Gasteiger partial charge is 0.277 e. The van der Waals surface area contributed by atoms with Crippen LogP contribution in [0.1, 0.15) is 11.8 Å². The van der Waals surface area contributed by atoms with Crippen molar-refractivity contribution in [3.8, 4) is 11.5 Å². The number of carbonyl (C=O) groups excluding carboxylic acids is 1. The van der Waals surface area contributed by atoms with E-state index in [4.69, 9.17) is 9.47 Å². The molecule has 2 rings (SSSR count). The molecule has 0 bridgehead atoms. The second-order valence-corrected chi connectivity index (χ2v) is 7.13. The van der Waals surface area contributed by atoms with Gasteiger partial charge in [0.15, 0.2) is 18.1 Å². The van der Waals surface area contributed by atoms with Crippen LogP contribution in [0, 0.1) is 0 Å². The molecule has 0 radical (unpaired) electrons. The molecule has 0 atom stereocenters. The molecule has 1 N–H and O–H groups in total. The molecule has 0 aliphatic heterocycles. The summed E-state index contributed by atoms with van der Waals surface area (Å²) in [5.41, 5.74) is 3.22. The Kier molecular flexibility index (Phi) is 6.61. The topological polar surface area (TPSA) is 59.9 Å². The first-order chi connectivity index (χ1) is 11.0. The molecule has 1 aromatic heterocycles. The van der Waals surface area contributed by atoms with E-state index in [1.807, 2.05) is 30.5 Å². The average molecular weight is 462 g/mol. The highest BCUT2D eigenvalue weighted by atomic mass is 79.9. The molecule has 23 heavy (non-hydrogen) atoms. The van der Waals surface area contributed by atoms with Gasteiger partial charge in [-0.05, 0) is 46.4 Å². The van der Waals surface area contributed by atoms with Crippen molar-refractivity contribution < 1.29 is 14.3 Å². The first kappa shape index (κ1) is 18.0. The van der Waals surface area contributed by atoms with Gasteiger partial charge in [-0.1, -0.05) is 22.0 Å². The van der Waals surface area contributed by atoms with Gasteiger partial charge in [0.1, 0.15) is 0 Å². The molecule has 0 saturated carbocycles. The van der Waals surface area contributed by atoms with E-state index in [-0.39, 0.29) is 12.5 Å². The SMILES string of the molecule is COc1cc(Br)cc(Br)c1OCC(=O)N/N=C(/C)c1cccs1. The molecule has 1 heterocycles. The molecule has 1 aromatic carbocycles. The van der Waals surface area contributed by atoms with Crippen LogP contribution >= 0.6 is 43.2 Å². The fourth-order valence-corrected chi connectivity index (χ4v) is 3.66. The van der Waals surface area contributed by atoms with Crippen LogP contribution < -0.4 is 14.9 Å². The fraction of sp³-hybridized carbons (Fsp3) is 0.200. The summed E-state index contributed by atoms with van der Waals surface area (Å²) in [7, 11) is 1.54. The predicted molar refractivity (Wildman–Crippen MR) is 98.6 cm³/mol. The summed E-state index contributed by atoms with van der Waals surface area (Å²) < 4.78 is 12.3. The number of hydrogen-bond acceptors (Lipinski definition) is 5. The van der Waals surface area contributed by atoms with E-state index in [0.717, 1.165) is 15.1 Å². The number of hydrazone groups is 1. The minimum Gasteiger partial charge on any atom is -0.493 e. The van der Waals surface area contributed by atoms with E-state index in [2.05, 4.69) is 42.4 Å². The Labute approximate surface area is 154 Å². The van der Waals surface area contributed by atoms with Gasteiger partial charge in [0.2, 0.25) is 0 Å². The number of halogens is 2. The van der Waals surface area contributed by atoms with E-state index in [1.54, 1.807) is 17.4 Å². The molecule has 0 spiro atoms. The highest BCUT2D eigenvalue weighted by Gasteiger charge is 2.13. The summed E-state index contributed by atoms with van der Waals surface area (Å²) in [6.45, 7) is 1.67. The van der Waals surface area contributed by atoms with E-state index < -0.39 is 0 Å². The third kappa shape index (κ3) is 5.05. The normalized spacial score (nSPS) is 11.2. The first-order valence-electron chi connectivity index (χ1n) is 6.54.